The van der Waals surface area contributed by atoms with Gasteiger partial charge in [-0.25, -0.2) is 15.8 Å². The van der Waals surface area contributed by atoms with Crippen LogP contribution < -0.4 is 21.3 Å². The molecular weight excluding hydrogens is 236 g/mol. The minimum Gasteiger partial charge on any atom is -0.490 e. The molecule has 0 aliphatic carbocycles. The summed E-state index contributed by atoms with van der Waals surface area (Å²) in [5.74, 6) is 6.63. The summed E-state index contributed by atoms with van der Waals surface area (Å²) in [6.45, 7) is 0.453. The molecule has 0 saturated carbocycles. The SMILES string of the molecule is COc1c(NN)ncnc1NCCC(=O)N(C)C. The Kier molecular flexibility index (Phi) is 5.12. The fraction of sp³-hybridized carbons (Fsp3) is 0.500. The lowest BCUT2D eigenvalue weighted by molar-refractivity contribution is -0.128. The Morgan fingerprint density at radius 2 is 2.11 bits per heavy atom. The molecule has 1 heterocycles. The molecule has 8 heteroatoms. The highest BCUT2D eigenvalue weighted by atomic mass is 16.5. The van der Waals surface area contributed by atoms with Gasteiger partial charge in [0.25, 0.3) is 0 Å². The minimum absolute atomic E-state index is 0.0349. The Balaban J connectivity index is 2.64. The maximum absolute atomic E-state index is 11.4. The third-order valence-electron chi connectivity index (χ3n) is 2.27. The number of ether oxygens (including phenoxy) is 1. The standard InChI is InChI=1S/C10H18N6O2/c1-16(2)7(17)4-5-12-9-8(18-3)10(15-11)14-6-13-9/h6H,4-5,11H2,1-3H3,(H2,12,13,14,15). The van der Waals surface area contributed by atoms with Crippen LogP contribution in [0.1, 0.15) is 6.42 Å². The summed E-state index contributed by atoms with van der Waals surface area (Å²) in [4.78, 5) is 20.9. The van der Waals surface area contributed by atoms with E-state index in [2.05, 4.69) is 20.7 Å². The average Bonchev–Trinajstić information content (AvgIpc) is 2.37. The zero-order valence-corrected chi connectivity index (χ0v) is 10.7. The number of nitrogen functional groups attached to an aromatic ring is 1. The molecule has 0 unspecified atom stereocenters. The molecule has 0 bridgehead atoms. The minimum atomic E-state index is 0.0349. The number of hydrazine groups is 1. The van der Waals surface area contributed by atoms with Crippen LogP contribution in [0.2, 0.25) is 0 Å². The third-order valence-corrected chi connectivity index (χ3v) is 2.27. The van der Waals surface area contributed by atoms with Crippen molar-refractivity contribution in [1.82, 2.24) is 14.9 Å². The predicted octanol–water partition coefficient (Wildman–Crippen LogP) is -0.339. The van der Waals surface area contributed by atoms with Crippen molar-refractivity contribution in [1.29, 1.82) is 0 Å². The number of carbonyl (C=O) groups excluding carboxylic acids is 1. The molecule has 18 heavy (non-hydrogen) atoms. The highest BCUT2D eigenvalue weighted by Crippen LogP contribution is 2.27. The van der Waals surface area contributed by atoms with E-state index >= 15 is 0 Å². The molecule has 1 rings (SSSR count). The fourth-order valence-corrected chi connectivity index (χ4v) is 1.31. The Hall–Kier alpha value is -2.09. The van der Waals surface area contributed by atoms with Crippen LogP contribution in [0, 0.1) is 0 Å². The predicted molar refractivity (Wildman–Crippen MR) is 68.2 cm³/mol. The summed E-state index contributed by atoms with van der Waals surface area (Å²) in [5.41, 5.74) is 2.41. The molecule has 0 aliphatic heterocycles. The lowest BCUT2D eigenvalue weighted by Crippen LogP contribution is -2.24. The summed E-state index contributed by atoms with van der Waals surface area (Å²) in [5, 5.41) is 3.01. The van der Waals surface area contributed by atoms with Crippen molar-refractivity contribution < 1.29 is 9.53 Å². The van der Waals surface area contributed by atoms with Gasteiger partial charge in [-0.05, 0) is 0 Å². The number of nitrogens with zero attached hydrogens (tertiary/aromatic N) is 3. The zero-order valence-electron chi connectivity index (χ0n) is 10.7. The van der Waals surface area contributed by atoms with Gasteiger partial charge in [-0.2, -0.15) is 0 Å². The number of nitrogens with one attached hydrogen (secondary N) is 2. The quantitative estimate of drug-likeness (QED) is 0.471. The number of rotatable bonds is 6. The second kappa shape index (κ2) is 6.60. The van der Waals surface area contributed by atoms with Gasteiger partial charge in [0.05, 0.1) is 7.11 Å². The number of carbonyl (C=O) groups is 1. The Morgan fingerprint density at radius 1 is 1.44 bits per heavy atom. The Bertz CT molecular complexity index is 409. The topological polar surface area (TPSA) is 105 Å². The van der Waals surface area contributed by atoms with Gasteiger partial charge in [-0.15, -0.1) is 0 Å². The summed E-state index contributed by atoms with van der Waals surface area (Å²) < 4.78 is 5.15. The van der Waals surface area contributed by atoms with Crippen molar-refractivity contribution in [2.75, 3.05) is 38.5 Å². The summed E-state index contributed by atoms with van der Waals surface area (Å²) in [7, 11) is 4.92. The van der Waals surface area contributed by atoms with E-state index in [1.54, 1.807) is 14.1 Å². The van der Waals surface area contributed by atoms with E-state index in [1.807, 2.05) is 0 Å². The van der Waals surface area contributed by atoms with Crippen molar-refractivity contribution in [3.8, 4) is 5.75 Å². The van der Waals surface area contributed by atoms with E-state index in [4.69, 9.17) is 10.6 Å². The summed E-state index contributed by atoms with van der Waals surface area (Å²) in [6, 6.07) is 0. The van der Waals surface area contributed by atoms with Gasteiger partial charge in [0.15, 0.2) is 11.6 Å². The van der Waals surface area contributed by atoms with Gasteiger partial charge in [0, 0.05) is 27.1 Å². The van der Waals surface area contributed by atoms with Crippen LogP contribution in [-0.2, 0) is 4.79 Å². The van der Waals surface area contributed by atoms with Gasteiger partial charge in [-0.1, -0.05) is 0 Å². The van der Waals surface area contributed by atoms with Crippen molar-refractivity contribution >= 4 is 17.5 Å². The monoisotopic (exact) mass is 254 g/mol. The van der Waals surface area contributed by atoms with Crippen LogP contribution in [0.5, 0.6) is 5.75 Å². The van der Waals surface area contributed by atoms with Crippen molar-refractivity contribution in [2.24, 2.45) is 5.84 Å². The van der Waals surface area contributed by atoms with E-state index in [-0.39, 0.29) is 5.91 Å². The normalized spacial score (nSPS) is 9.78. The number of hydrogen-bond acceptors (Lipinski definition) is 7. The molecule has 0 spiro atoms. The molecule has 1 amide bonds. The van der Waals surface area contributed by atoms with Crippen LogP contribution in [0.4, 0.5) is 11.6 Å². The zero-order chi connectivity index (χ0) is 13.5. The van der Waals surface area contributed by atoms with E-state index in [9.17, 15) is 4.79 Å². The van der Waals surface area contributed by atoms with Crippen LogP contribution in [-0.4, -0.2) is 48.5 Å². The number of hydrogen-bond donors (Lipinski definition) is 3. The number of anilines is 2. The third kappa shape index (κ3) is 3.45. The highest BCUT2D eigenvalue weighted by molar-refractivity contribution is 5.76. The first-order valence-electron chi connectivity index (χ1n) is 5.39. The first-order valence-corrected chi connectivity index (χ1v) is 5.39. The van der Waals surface area contributed by atoms with Gasteiger partial charge < -0.3 is 20.4 Å². The van der Waals surface area contributed by atoms with E-state index in [1.165, 1.54) is 18.3 Å². The maximum atomic E-state index is 11.4. The van der Waals surface area contributed by atoms with Crippen LogP contribution in [0.25, 0.3) is 0 Å². The molecule has 1 aromatic rings. The molecular formula is C10H18N6O2. The molecule has 0 aromatic carbocycles. The largest absolute Gasteiger partial charge is 0.490 e. The molecule has 0 aliphatic rings. The van der Waals surface area contributed by atoms with E-state index in [0.29, 0.717) is 30.4 Å². The molecule has 1 aromatic heterocycles. The molecule has 0 atom stereocenters. The van der Waals surface area contributed by atoms with E-state index < -0.39 is 0 Å². The molecule has 8 nitrogen and oxygen atoms in total. The molecule has 0 radical (unpaired) electrons. The fourth-order valence-electron chi connectivity index (χ4n) is 1.31. The number of aromatic nitrogens is 2. The van der Waals surface area contributed by atoms with Crippen molar-refractivity contribution in [3.63, 3.8) is 0 Å². The Morgan fingerprint density at radius 3 is 2.67 bits per heavy atom. The second-order valence-corrected chi connectivity index (χ2v) is 3.71. The van der Waals surface area contributed by atoms with Crippen molar-refractivity contribution in [2.45, 2.75) is 6.42 Å². The first kappa shape index (κ1) is 14.0. The van der Waals surface area contributed by atoms with Gasteiger partial charge in [0.1, 0.15) is 6.33 Å². The molecule has 4 N–H and O–H groups in total. The van der Waals surface area contributed by atoms with Crippen LogP contribution in [0.3, 0.4) is 0 Å². The highest BCUT2D eigenvalue weighted by Gasteiger charge is 2.11. The van der Waals surface area contributed by atoms with Gasteiger partial charge in [-0.3, -0.25) is 4.79 Å². The lowest BCUT2D eigenvalue weighted by atomic mass is 10.3. The van der Waals surface area contributed by atoms with Crippen LogP contribution >= 0.6 is 0 Å². The van der Waals surface area contributed by atoms with Gasteiger partial charge >= 0.3 is 0 Å². The van der Waals surface area contributed by atoms with Crippen molar-refractivity contribution in [3.05, 3.63) is 6.33 Å². The smallest absolute Gasteiger partial charge is 0.223 e. The van der Waals surface area contributed by atoms with Gasteiger partial charge in [0.2, 0.25) is 11.7 Å². The lowest BCUT2D eigenvalue weighted by Gasteiger charge is -2.13. The number of nitrogens with two attached hydrogens (primary N) is 1. The number of amides is 1. The average molecular weight is 254 g/mol. The summed E-state index contributed by atoms with van der Waals surface area (Å²) >= 11 is 0. The second-order valence-electron chi connectivity index (χ2n) is 3.71. The molecule has 0 saturated heterocycles. The maximum Gasteiger partial charge on any atom is 0.223 e. The summed E-state index contributed by atoms with van der Waals surface area (Å²) in [6.07, 6.45) is 1.72. The first-order chi connectivity index (χ1) is 8.60. The number of methoxy groups -OCH3 is 1. The van der Waals surface area contributed by atoms with E-state index in [0.717, 1.165) is 0 Å². The Labute approximate surface area is 106 Å². The molecule has 100 valence electrons. The molecule has 0 fully saturated rings. The van der Waals surface area contributed by atoms with Crippen LogP contribution in [0.15, 0.2) is 6.33 Å².